The molecule has 106 valence electrons. The van der Waals surface area contributed by atoms with Crippen LogP contribution in [0.2, 0.25) is 0 Å². The number of nitrogens with one attached hydrogen (secondary N) is 1. The van der Waals surface area contributed by atoms with E-state index in [1.54, 1.807) is 12.1 Å². The van der Waals surface area contributed by atoms with Gasteiger partial charge in [-0.3, -0.25) is 4.99 Å². The second-order valence-electron chi connectivity index (χ2n) is 4.64. The van der Waals surface area contributed by atoms with Crippen LogP contribution < -0.4 is 11.1 Å². The number of hydrogen-bond donors (Lipinski definition) is 2. The van der Waals surface area contributed by atoms with Crippen LogP contribution in [-0.4, -0.2) is 37.0 Å². The van der Waals surface area contributed by atoms with Gasteiger partial charge < -0.3 is 16.0 Å². The molecule has 0 aliphatic carbocycles. The van der Waals surface area contributed by atoms with E-state index in [1.165, 1.54) is 12.1 Å². The van der Waals surface area contributed by atoms with Crippen molar-refractivity contribution in [3.8, 4) is 0 Å². The first kappa shape index (κ1) is 15.4. The van der Waals surface area contributed by atoms with E-state index >= 15 is 0 Å². The summed E-state index contributed by atoms with van der Waals surface area (Å²) in [5.41, 5.74) is 6.50. The Bertz CT molecular complexity index is 402. The number of halogens is 1. The monoisotopic (exact) mass is 266 g/mol. The molecule has 1 aromatic carbocycles. The highest BCUT2D eigenvalue weighted by molar-refractivity contribution is 5.92. The third-order valence-corrected chi connectivity index (χ3v) is 3.19. The maximum atomic E-state index is 12.7. The van der Waals surface area contributed by atoms with Crippen molar-refractivity contribution in [3.63, 3.8) is 0 Å². The maximum Gasteiger partial charge on any atom is 0.193 e. The van der Waals surface area contributed by atoms with Crippen LogP contribution in [0.4, 0.5) is 10.1 Å². The molecule has 3 N–H and O–H groups in total. The van der Waals surface area contributed by atoms with Gasteiger partial charge in [0.2, 0.25) is 0 Å². The summed E-state index contributed by atoms with van der Waals surface area (Å²) in [6.45, 7) is 5.85. The van der Waals surface area contributed by atoms with Crippen LogP contribution in [0.15, 0.2) is 29.3 Å². The maximum absolute atomic E-state index is 12.7. The van der Waals surface area contributed by atoms with Crippen LogP contribution in [-0.2, 0) is 0 Å². The van der Waals surface area contributed by atoms with Crippen molar-refractivity contribution < 1.29 is 4.39 Å². The van der Waals surface area contributed by atoms with Gasteiger partial charge in [0.25, 0.3) is 0 Å². The largest absolute Gasteiger partial charge is 0.370 e. The summed E-state index contributed by atoms with van der Waals surface area (Å²) in [6, 6.07) is 6.56. The third kappa shape index (κ3) is 5.70. The van der Waals surface area contributed by atoms with Gasteiger partial charge in [0.15, 0.2) is 5.96 Å². The summed E-state index contributed by atoms with van der Waals surface area (Å²) >= 11 is 0. The minimum Gasteiger partial charge on any atom is -0.370 e. The Labute approximate surface area is 114 Å². The van der Waals surface area contributed by atoms with Crippen molar-refractivity contribution in [1.29, 1.82) is 0 Å². The summed E-state index contributed by atoms with van der Waals surface area (Å²) in [4.78, 5) is 6.49. The van der Waals surface area contributed by atoms with Crippen molar-refractivity contribution in [2.24, 2.45) is 10.7 Å². The van der Waals surface area contributed by atoms with Crippen molar-refractivity contribution in [2.45, 2.75) is 26.3 Å². The number of anilines is 1. The van der Waals surface area contributed by atoms with Gasteiger partial charge in [-0.1, -0.05) is 6.92 Å². The van der Waals surface area contributed by atoms with Gasteiger partial charge in [-0.25, -0.2) is 4.39 Å². The molecular weight excluding hydrogens is 243 g/mol. The van der Waals surface area contributed by atoms with E-state index < -0.39 is 0 Å². The minimum atomic E-state index is -0.267. The van der Waals surface area contributed by atoms with Gasteiger partial charge >= 0.3 is 0 Å². The van der Waals surface area contributed by atoms with Crippen molar-refractivity contribution in [3.05, 3.63) is 30.1 Å². The Morgan fingerprint density at radius 2 is 2.05 bits per heavy atom. The van der Waals surface area contributed by atoms with Gasteiger partial charge in [0, 0.05) is 18.3 Å². The topological polar surface area (TPSA) is 53.6 Å². The highest BCUT2D eigenvalue weighted by atomic mass is 19.1. The first-order chi connectivity index (χ1) is 9.02. The molecule has 19 heavy (non-hydrogen) atoms. The lowest BCUT2D eigenvalue weighted by Crippen LogP contribution is -2.31. The summed E-state index contributed by atoms with van der Waals surface area (Å²) in [6.07, 6.45) is 1.11. The lowest BCUT2D eigenvalue weighted by molar-refractivity contribution is 0.259. The van der Waals surface area contributed by atoms with Crippen molar-refractivity contribution >= 4 is 11.6 Å². The molecule has 0 saturated heterocycles. The minimum absolute atomic E-state index is 0.267. The molecule has 1 aromatic rings. The van der Waals surface area contributed by atoms with E-state index in [0.29, 0.717) is 18.5 Å². The summed E-state index contributed by atoms with van der Waals surface area (Å²) < 4.78 is 12.7. The zero-order chi connectivity index (χ0) is 14.3. The predicted molar refractivity (Wildman–Crippen MR) is 78.9 cm³/mol. The molecule has 1 atom stereocenters. The number of aliphatic imine (C=N–C) groups is 1. The Kier molecular flexibility index (Phi) is 6.29. The molecule has 0 aliphatic heterocycles. The highest BCUT2D eigenvalue weighted by Gasteiger charge is 2.05. The molecule has 0 saturated carbocycles. The van der Waals surface area contributed by atoms with Crippen LogP contribution in [0, 0.1) is 5.82 Å². The average molecular weight is 266 g/mol. The average Bonchev–Trinajstić information content (AvgIpc) is 2.40. The predicted octanol–water partition coefficient (Wildman–Crippen LogP) is 2.28. The van der Waals surface area contributed by atoms with Gasteiger partial charge in [-0.2, -0.15) is 0 Å². The van der Waals surface area contributed by atoms with E-state index in [-0.39, 0.29) is 5.82 Å². The molecule has 5 heteroatoms. The quantitative estimate of drug-likeness (QED) is 0.613. The number of likely N-dealkylation sites (N-methyl/N-ethyl adjacent to an activating group) is 1. The molecule has 0 radical (unpaired) electrons. The molecule has 0 heterocycles. The number of nitrogens with zero attached hydrogens (tertiary/aromatic N) is 2. The molecule has 0 unspecified atom stereocenters. The normalized spacial score (nSPS) is 13.6. The molecule has 0 spiro atoms. The van der Waals surface area contributed by atoms with Crippen LogP contribution in [0.3, 0.4) is 0 Å². The first-order valence-corrected chi connectivity index (χ1v) is 6.55. The molecule has 0 bridgehead atoms. The smallest absolute Gasteiger partial charge is 0.193 e. The number of benzene rings is 1. The number of guanidine groups is 1. The number of nitrogens with two attached hydrogens (primary N) is 1. The fourth-order valence-electron chi connectivity index (χ4n) is 1.58. The summed E-state index contributed by atoms with van der Waals surface area (Å²) in [7, 11) is 2.08. The fourth-order valence-corrected chi connectivity index (χ4v) is 1.58. The molecule has 0 fully saturated rings. The lowest BCUT2D eigenvalue weighted by atomic mass is 10.2. The molecule has 0 aliphatic rings. The van der Waals surface area contributed by atoms with E-state index in [0.717, 1.165) is 18.7 Å². The summed E-state index contributed by atoms with van der Waals surface area (Å²) in [5.74, 6) is 0.0837. The van der Waals surface area contributed by atoms with Crippen LogP contribution in [0.5, 0.6) is 0 Å². The zero-order valence-electron chi connectivity index (χ0n) is 11.9. The Morgan fingerprint density at radius 3 is 2.63 bits per heavy atom. The van der Waals surface area contributed by atoms with Gasteiger partial charge in [-0.05, 0) is 44.7 Å². The Hall–Kier alpha value is -1.62. The third-order valence-electron chi connectivity index (χ3n) is 3.19. The van der Waals surface area contributed by atoms with E-state index in [9.17, 15) is 4.39 Å². The van der Waals surface area contributed by atoms with Crippen LogP contribution in [0.25, 0.3) is 0 Å². The van der Waals surface area contributed by atoms with Crippen molar-refractivity contribution in [2.75, 3.05) is 25.5 Å². The lowest BCUT2D eigenvalue weighted by Gasteiger charge is -2.22. The second-order valence-corrected chi connectivity index (χ2v) is 4.64. The van der Waals surface area contributed by atoms with E-state index in [2.05, 4.69) is 36.1 Å². The standard InChI is InChI=1S/C14H23FN4/c1-4-11(2)19(3)10-9-17-14(16)18-13-7-5-12(15)6-8-13/h5-8,11H,4,9-10H2,1-3H3,(H3,16,17,18)/t11-/m0/s1. The number of hydrogen-bond acceptors (Lipinski definition) is 2. The van der Waals surface area contributed by atoms with E-state index in [1.807, 2.05) is 0 Å². The van der Waals surface area contributed by atoms with Gasteiger partial charge in [0.05, 0.1) is 6.54 Å². The van der Waals surface area contributed by atoms with Gasteiger partial charge in [0.1, 0.15) is 5.82 Å². The molecule has 0 amide bonds. The second kappa shape index (κ2) is 7.74. The zero-order valence-corrected chi connectivity index (χ0v) is 11.9. The summed E-state index contributed by atoms with van der Waals surface area (Å²) in [5, 5.41) is 2.93. The van der Waals surface area contributed by atoms with Crippen molar-refractivity contribution in [1.82, 2.24) is 4.90 Å². The van der Waals surface area contributed by atoms with E-state index in [4.69, 9.17) is 5.73 Å². The Morgan fingerprint density at radius 1 is 1.42 bits per heavy atom. The van der Waals surface area contributed by atoms with Crippen LogP contribution in [0.1, 0.15) is 20.3 Å². The molecular formula is C14H23FN4. The molecule has 1 rings (SSSR count). The fraction of sp³-hybridized carbons (Fsp3) is 0.500. The Balaban J connectivity index is 2.39. The van der Waals surface area contributed by atoms with Crippen LogP contribution >= 0.6 is 0 Å². The first-order valence-electron chi connectivity index (χ1n) is 6.55. The highest BCUT2D eigenvalue weighted by Crippen LogP contribution is 2.07. The SMILES string of the molecule is CC[C@H](C)N(C)CCN=C(N)Nc1ccc(F)cc1. The number of rotatable bonds is 6. The van der Waals surface area contributed by atoms with Gasteiger partial charge in [-0.15, -0.1) is 0 Å². The molecule has 4 nitrogen and oxygen atoms in total. The molecule has 0 aromatic heterocycles.